The molecule has 3 nitrogen and oxygen atoms in total. The molecule has 0 radical (unpaired) electrons. The smallest absolute Gasteiger partial charge is 0.406 e. The van der Waals surface area contributed by atoms with E-state index in [0.29, 0.717) is 12.0 Å². The largest absolute Gasteiger partial charge is 0.416 e. The first kappa shape index (κ1) is 14.6. The normalized spacial score (nSPS) is 19.2. The van der Waals surface area contributed by atoms with Crippen molar-refractivity contribution in [2.45, 2.75) is 32.5 Å². The van der Waals surface area contributed by atoms with E-state index in [1.807, 2.05) is 13.8 Å². The second kappa shape index (κ2) is 5.26. The first-order valence-electron chi connectivity index (χ1n) is 6.24. The highest BCUT2D eigenvalue weighted by molar-refractivity contribution is 6.06. The lowest BCUT2D eigenvalue weighted by atomic mass is 10.1. The Balaban J connectivity index is 2.18. The molecule has 108 valence electrons. The van der Waals surface area contributed by atoms with Crippen molar-refractivity contribution in [2.24, 2.45) is 10.9 Å². The Kier molecular flexibility index (Phi) is 3.83. The molecular weight excluding hydrogens is 271 g/mol. The van der Waals surface area contributed by atoms with E-state index in [9.17, 15) is 18.0 Å². The number of carbonyl (C=O) groups excluding carboxylic acids is 1. The first-order valence-corrected chi connectivity index (χ1v) is 6.24. The Morgan fingerprint density at radius 2 is 1.85 bits per heavy atom. The lowest BCUT2D eigenvalue weighted by molar-refractivity contribution is -0.138. The quantitative estimate of drug-likeness (QED) is 0.798. The van der Waals surface area contributed by atoms with Crippen LogP contribution in [0.25, 0.3) is 0 Å². The van der Waals surface area contributed by atoms with Crippen LogP contribution in [0.3, 0.4) is 0 Å². The average molecular weight is 285 g/mol. The maximum Gasteiger partial charge on any atom is 0.416 e. The van der Waals surface area contributed by atoms with Gasteiger partial charge in [-0.3, -0.25) is 0 Å². The second-order valence-electron chi connectivity index (χ2n) is 5.08. The van der Waals surface area contributed by atoms with Crippen LogP contribution in [0.5, 0.6) is 0 Å². The first-order chi connectivity index (χ1) is 9.27. The number of cyclic esters (lactones) is 1. The Morgan fingerprint density at radius 1 is 1.25 bits per heavy atom. The lowest BCUT2D eigenvalue weighted by Crippen LogP contribution is -2.17. The third-order valence-electron chi connectivity index (χ3n) is 2.90. The second-order valence-corrected chi connectivity index (χ2v) is 5.08. The van der Waals surface area contributed by atoms with Crippen LogP contribution in [0.1, 0.15) is 31.4 Å². The zero-order valence-corrected chi connectivity index (χ0v) is 11.1. The molecule has 1 atom stereocenters. The van der Waals surface area contributed by atoms with Crippen molar-refractivity contribution in [2.75, 3.05) is 0 Å². The van der Waals surface area contributed by atoms with E-state index in [4.69, 9.17) is 4.74 Å². The average Bonchev–Trinajstić information content (AvgIpc) is 2.69. The molecule has 1 aromatic carbocycles. The summed E-state index contributed by atoms with van der Waals surface area (Å²) in [5, 5.41) is 0. The molecule has 1 aliphatic rings. The van der Waals surface area contributed by atoms with Gasteiger partial charge in [0, 0.05) is 5.56 Å². The zero-order chi connectivity index (χ0) is 14.9. The molecule has 6 heteroatoms. The van der Waals surface area contributed by atoms with Gasteiger partial charge in [-0.2, -0.15) is 13.2 Å². The van der Waals surface area contributed by atoms with Gasteiger partial charge in [-0.25, -0.2) is 9.79 Å². The summed E-state index contributed by atoms with van der Waals surface area (Å²) < 4.78 is 42.4. The Hall–Kier alpha value is -1.85. The van der Waals surface area contributed by atoms with Gasteiger partial charge in [0.05, 0.1) is 5.56 Å². The highest BCUT2D eigenvalue weighted by Gasteiger charge is 2.32. The number of benzene rings is 1. The summed E-state index contributed by atoms with van der Waals surface area (Å²) in [7, 11) is 0. The van der Waals surface area contributed by atoms with Gasteiger partial charge in [0.15, 0.2) is 6.04 Å². The molecule has 0 N–H and O–H groups in total. The van der Waals surface area contributed by atoms with Gasteiger partial charge < -0.3 is 4.74 Å². The predicted molar refractivity (Wildman–Crippen MR) is 67.3 cm³/mol. The molecule has 0 spiro atoms. The van der Waals surface area contributed by atoms with Crippen molar-refractivity contribution in [1.82, 2.24) is 0 Å². The fourth-order valence-electron chi connectivity index (χ4n) is 1.91. The number of carbonyl (C=O) groups is 1. The number of halogens is 3. The van der Waals surface area contributed by atoms with Crippen LogP contribution in [0.2, 0.25) is 0 Å². The SMILES string of the molecule is CC(C)CC1N=C(c2ccc(C(F)(F)F)cc2)OC1=O. The number of alkyl halides is 3. The highest BCUT2D eigenvalue weighted by Crippen LogP contribution is 2.29. The van der Waals surface area contributed by atoms with E-state index < -0.39 is 23.8 Å². The van der Waals surface area contributed by atoms with Gasteiger partial charge in [0.2, 0.25) is 5.90 Å². The van der Waals surface area contributed by atoms with Crippen LogP contribution in [-0.2, 0) is 15.7 Å². The van der Waals surface area contributed by atoms with E-state index in [0.717, 1.165) is 12.1 Å². The van der Waals surface area contributed by atoms with Crippen molar-refractivity contribution in [3.05, 3.63) is 35.4 Å². The Bertz CT molecular complexity index is 532. The molecule has 0 amide bonds. The topological polar surface area (TPSA) is 38.7 Å². The summed E-state index contributed by atoms with van der Waals surface area (Å²) in [5.41, 5.74) is -0.373. The molecule has 0 fully saturated rings. The minimum absolute atomic E-state index is 0.0920. The minimum atomic E-state index is -4.38. The van der Waals surface area contributed by atoms with Crippen molar-refractivity contribution in [1.29, 1.82) is 0 Å². The van der Waals surface area contributed by atoms with Crippen molar-refractivity contribution < 1.29 is 22.7 Å². The monoisotopic (exact) mass is 285 g/mol. The Morgan fingerprint density at radius 3 is 2.35 bits per heavy atom. The molecule has 0 bridgehead atoms. The van der Waals surface area contributed by atoms with E-state index in [1.54, 1.807) is 0 Å². The standard InChI is InChI=1S/C14H14F3NO2/c1-8(2)7-11-13(19)20-12(18-11)9-3-5-10(6-4-9)14(15,16)17/h3-6,8,11H,7H2,1-2H3. The molecule has 1 heterocycles. The van der Waals surface area contributed by atoms with Crippen LogP contribution in [0, 0.1) is 5.92 Å². The molecule has 20 heavy (non-hydrogen) atoms. The number of hydrogen-bond acceptors (Lipinski definition) is 3. The summed E-state index contributed by atoms with van der Waals surface area (Å²) in [4.78, 5) is 15.7. The molecular formula is C14H14F3NO2. The van der Waals surface area contributed by atoms with Gasteiger partial charge in [-0.15, -0.1) is 0 Å². The number of ether oxygens (including phenoxy) is 1. The van der Waals surface area contributed by atoms with Crippen molar-refractivity contribution in [3.8, 4) is 0 Å². The van der Waals surface area contributed by atoms with Crippen LogP contribution in [-0.4, -0.2) is 17.9 Å². The van der Waals surface area contributed by atoms with Gasteiger partial charge in [0.25, 0.3) is 0 Å². The Labute approximate surface area is 114 Å². The number of aliphatic imine (C=N–C) groups is 1. The molecule has 0 aromatic heterocycles. The molecule has 0 saturated heterocycles. The third kappa shape index (κ3) is 3.18. The van der Waals surface area contributed by atoms with Gasteiger partial charge in [-0.05, 0) is 36.6 Å². The summed E-state index contributed by atoms with van der Waals surface area (Å²) in [5.74, 6) is -0.0776. The summed E-state index contributed by atoms with van der Waals surface area (Å²) in [6.07, 6.45) is -3.82. The van der Waals surface area contributed by atoms with E-state index in [-0.39, 0.29) is 11.8 Å². The summed E-state index contributed by atoms with van der Waals surface area (Å²) in [6, 6.07) is 3.84. The molecule has 1 unspecified atom stereocenters. The number of rotatable bonds is 3. The molecule has 1 aliphatic heterocycles. The molecule has 0 saturated carbocycles. The van der Waals surface area contributed by atoms with Gasteiger partial charge in [0.1, 0.15) is 0 Å². The maximum atomic E-state index is 12.4. The lowest BCUT2D eigenvalue weighted by Gasteiger charge is -2.06. The molecule has 1 aromatic rings. The van der Waals surface area contributed by atoms with Gasteiger partial charge >= 0.3 is 12.1 Å². The van der Waals surface area contributed by atoms with Crippen LogP contribution in [0.4, 0.5) is 13.2 Å². The molecule has 2 rings (SSSR count). The molecule has 0 aliphatic carbocycles. The number of nitrogens with zero attached hydrogens (tertiary/aromatic N) is 1. The van der Waals surface area contributed by atoms with Crippen molar-refractivity contribution in [3.63, 3.8) is 0 Å². The van der Waals surface area contributed by atoms with E-state index in [2.05, 4.69) is 4.99 Å². The zero-order valence-electron chi connectivity index (χ0n) is 11.1. The summed E-state index contributed by atoms with van der Waals surface area (Å²) in [6.45, 7) is 3.91. The van der Waals surface area contributed by atoms with E-state index >= 15 is 0 Å². The van der Waals surface area contributed by atoms with Crippen LogP contribution >= 0.6 is 0 Å². The fourth-order valence-corrected chi connectivity index (χ4v) is 1.91. The fraction of sp³-hybridized carbons (Fsp3) is 0.429. The highest BCUT2D eigenvalue weighted by atomic mass is 19.4. The predicted octanol–water partition coefficient (Wildman–Crippen LogP) is 3.42. The van der Waals surface area contributed by atoms with Gasteiger partial charge in [-0.1, -0.05) is 13.8 Å². The maximum absolute atomic E-state index is 12.4. The van der Waals surface area contributed by atoms with Crippen LogP contribution in [0.15, 0.2) is 29.3 Å². The summed E-state index contributed by atoms with van der Waals surface area (Å²) >= 11 is 0. The number of esters is 1. The minimum Gasteiger partial charge on any atom is -0.406 e. The number of hydrogen-bond donors (Lipinski definition) is 0. The van der Waals surface area contributed by atoms with E-state index in [1.165, 1.54) is 12.1 Å². The van der Waals surface area contributed by atoms with Crippen LogP contribution < -0.4 is 0 Å². The van der Waals surface area contributed by atoms with Crippen molar-refractivity contribution >= 4 is 11.9 Å². The third-order valence-corrected chi connectivity index (χ3v) is 2.90.